The van der Waals surface area contributed by atoms with E-state index in [0.29, 0.717) is 0 Å². The largest absolute Gasteiger partial charge is 0.361 e. The summed E-state index contributed by atoms with van der Waals surface area (Å²) >= 11 is 0. The average Bonchev–Trinajstić information content (AvgIpc) is 3.36. The lowest BCUT2D eigenvalue weighted by atomic mass is 10.1. The molecule has 0 unspecified atom stereocenters. The van der Waals surface area contributed by atoms with Gasteiger partial charge in [0, 0.05) is 34.2 Å². The number of aromatic nitrogens is 2. The van der Waals surface area contributed by atoms with Gasteiger partial charge >= 0.3 is 0 Å². The van der Waals surface area contributed by atoms with Crippen molar-refractivity contribution in [2.45, 2.75) is 0 Å². The van der Waals surface area contributed by atoms with Gasteiger partial charge in [-0.25, -0.2) is 0 Å². The van der Waals surface area contributed by atoms with Crippen LogP contribution >= 0.6 is 0 Å². The number of rotatable bonds is 4. The Bertz CT molecular complexity index is 1190. The summed E-state index contributed by atoms with van der Waals surface area (Å²) in [5.41, 5.74) is 7.13. The first-order valence-corrected chi connectivity index (χ1v) is 9.45. The van der Waals surface area contributed by atoms with E-state index >= 15 is 0 Å². The zero-order chi connectivity index (χ0) is 18.8. The van der Waals surface area contributed by atoms with E-state index in [-0.39, 0.29) is 0 Å². The van der Waals surface area contributed by atoms with Gasteiger partial charge in [0.2, 0.25) is 0 Å². The van der Waals surface area contributed by atoms with Crippen molar-refractivity contribution in [1.82, 2.24) is 9.97 Å². The fourth-order valence-corrected chi connectivity index (χ4v) is 3.55. The maximum Gasteiger partial charge on any atom is 0.0460 e. The molecule has 3 aromatic carbocycles. The molecule has 2 heteroatoms. The Balaban J connectivity index is 1.34. The molecular formula is C26H20N2. The van der Waals surface area contributed by atoms with Crippen LogP contribution in [-0.4, -0.2) is 9.97 Å². The number of fused-ring (bicyclic) bond motifs is 2. The van der Waals surface area contributed by atoms with Crippen molar-refractivity contribution in [2.75, 3.05) is 0 Å². The van der Waals surface area contributed by atoms with Crippen LogP contribution in [0.1, 0.15) is 22.3 Å². The molecule has 0 radical (unpaired) electrons. The molecule has 0 saturated carbocycles. The van der Waals surface area contributed by atoms with Crippen LogP contribution in [0.5, 0.6) is 0 Å². The summed E-state index contributed by atoms with van der Waals surface area (Å²) in [6.45, 7) is 0. The van der Waals surface area contributed by atoms with Crippen LogP contribution in [0.3, 0.4) is 0 Å². The molecule has 0 atom stereocenters. The Hall–Kier alpha value is -3.78. The number of para-hydroxylation sites is 2. The van der Waals surface area contributed by atoms with Crippen molar-refractivity contribution >= 4 is 46.1 Å². The predicted octanol–water partition coefficient (Wildman–Crippen LogP) is 6.99. The van der Waals surface area contributed by atoms with Crippen LogP contribution in [0, 0.1) is 0 Å². The standard InChI is InChI=1S/C26H20N2/c1-3-7-25-23(5-1)21(17-27-25)15-13-19-9-11-20(12-10-19)14-16-22-18-28-26-8-4-2-6-24(22)26/h1-18,27-28H/b15-13+,16-14+. The maximum atomic E-state index is 3.31. The highest BCUT2D eigenvalue weighted by Gasteiger charge is 2.00. The number of hydrogen-bond donors (Lipinski definition) is 2. The van der Waals surface area contributed by atoms with E-state index in [0.717, 1.165) is 0 Å². The van der Waals surface area contributed by atoms with Crippen molar-refractivity contribution in [1.29, 1.82) is 0 Å². The Morgan fingerprint density at radius 3 is 1.36 bits per heavy atom. The number of H-pyrrole nitrogens is 2. The molecule has 0 aliphatic rings. The zero-order valence-corrected chi connectivity index (χ0v) is 15.4. The fourth-order valence-electron chi connectivity index (χ4n) is 3.55. The van der Waals surface area contributed by atoms with Crippen molar-refractivity contribution in [3.05, 3.63) is 107 Å². The van der Waals surface area contributed by atoms with Crippen molar-refractivity contribution in [3.63, 3.8) is 0 Å². The SMILES string of the molecule is C(=C\c1c[nH]c2ccccc12)/c1ccc(/C=C/c2c[nH]c3ccccc23)cc1. The van der Waals surface area contributed by atoms with Crippen LogP contribution in [0.4, 0.5) is 0 Å². The summed E-state index contributed by atoms with van der Waals surface area (Å²) in [7, 11) is 0. The number of aromatic amines is 2. The molecule has 0 amide bonds. The third-order valence-electron chi connectivity index (χ3n) is 5.09. The van der Waals surface area contributed by atoms with E-state index in [4.69, 9.17) is 0 Å². The first-order chi connectivity index (χ1) is 13.9. The Morgan fingerprint density at radius 1 is 0.464 bits per heavy atom. The van der Waals surface area contributed by atoms with Gasteiger partial charge in [-0.2, -0.15) is 0 Å². The first-order valence-electron chi connectivity index (χ1n) is 9.45. The molecule has 134 valence electrons. The second-order valence-electron chi connectivity index (χ2n) is 6.91. The van der Waals surface area contributed by atoms with Crippen LogP contribution in [0.25, 0.3) is 46.1 Å². The molecule has 0 saturated heterocycles. The highest BCUT2D eigenvalue weighted by atomic mass is 14.7. The first kappa shape index (κ1) is 16.4. The highest BCUT2D eigenvalue weighted by Crippen LogP contribution is 2.22. The van der Waals surface area contributed by atoms with Gasteiger partial charge in [0.15, 0.2) is 0 Å². The van der Waals surface area contributed by atoms with E-state index < -0.39 is 0 Å². The van der Waals surface area contributed by atoms with Crippen LogP contribution in [0.15, 0.2) is 85.2 Å². The normalized spacial score (nSPS) is 12.0. The Morgan fingerprint density at radius 2 is 0.893 bits per heavy atom. The van der Waals surface area contributed by atoms with Gasteiger partial charge < -0.3 is 9.97 Å². The maximum absolute atomic E-state index is 3.31. The minimum Gasteiger partial charge on any atom is -0.361 e. The third-order valence-corrected chi connectivity index (χ3v) is 5.09. The van der Waals surface area contributed by atoms with Crippen LogP contribution in [0.2, 0.25) is 0 Å². The molecule has 2 N–H and O–H groups in total. The van der Waals surface area contributed by atoms with E-state index in [1.165, 1.54) is 44.1 Å². The molecule has 0 aliphatic heterocycles. The molecule has 28 heavy (non-hydrogen) atoms. The third kappa shape index (κ3) is 3.17. The van der Waals surface area contributed by atoms with Crippen LogP contribution < -0.4 is 0 Å². The molecule has 5 aromatic rings. The highest BCUT2D eigenvalue weighted by molar-refractivity contribution is 5.92. The topological polar surface area (TPSA) is 31.6 Å². The monoisotopic (exact) mass is 360 g/mol. The second kappa shape index (κ2) is 7.09. The smallest absolute Gasteiger partial charge is 0.0460 e. The molecule has 0 spiro atoms. The minimum absolute atomic E-state index is 1.17. The van der Waals surface area contributed by atoms with Crippen LogP contribution in [-0.2, 0) is 0 Å². The molecule has 2 aromatic heterocycles. The summed E-state index contributed by atoms with van der Waals surface area (Å²) in [6, 6.07) is 25.3. The molecule has 0 bridgehead atoms. The van der Waals surface area contributed by atoms with Crippen molar-refractivity contribution in [2.24, 2.45) is 0 Å². The van der Waals surface area contributed by atoms with Crippen molar-refractivity contribution < 1.29 is 0 Å². The van der Waals surface area contributed by atoms with E-state index in [2.05, 4.69) is 119 Å². The Kier molecular flexibility index (Phi) is 4.15. The fraction of sp³-hybridized carbons (Fsp3) is 0. The summed E-state index contributed by atoms with van der Waals surface area (Å²) < 4.78 is 0. The number of hydrogen-bond acceptors (Lipinski definition) is 0. The van der Waals surface area contributed by atoms with Gasteiger partial charge in [0.05, 0.1) is 0 Å². The van der Waals surface area contributed by atoms with Gasteiger partial charge in [-0.3, -0.25) is 0 Å². The molecule has 0 fully saturated rings. The predicted molar refractivity (Wildman–Crippen MR) is 121 cm³/mol. The Labute approximate surface area is 163 Å². The number of nitrogens with one attached hydrogen (secondary N) is 2. The summed E-state index contributed by atoms with van der Waals surface area (Å²) in [6.07, 6.45) is 12.7. The average molecular weight is 360 g/mol. The minimum atomic E-state index is 1.17. The van der Waals surface area contributed by atoms with E-state index in [1.807, 2.05) is 0 Å². The molecule has 2 nitrogen and oxygen atoms in total. The summed E-state index contributed by atoms with van der Waals surface area (Å²) in [4.78, 5) is 6.63. The van der Waals surface area contributed by atoms with Crippen molar-refractivity contribution in [3.8, 4) is 0 Å². The summed E-state index contributed by atoms with van der Waals surface area (Å²) in [5.74, 6) is 0. The summed E-state index contributed by atoms with van der Waals surface area (Å²) in [5, 5.41) is 2.49. The zero-order valence-electron chi connectivity index (χ0n) is 15.4. The quantitative estimate of drug-likeness (QED) is 0.346. The molecule has 0 aliphatic carbocycles. The van der Waals surface area contributed by atoms with Gasteiger partial charge in [-0.1, -0.05) is 85.0 Å². The van der Waals surface area contributed by atoms with Gasteiger partial charge in [0.25, 0.3) is 0 Å². The van der Waals surface area contributed by atoms with Gasteiger partial charge in [0.1, 0.15) is 0 Å². The second-order valence-corrected chi connectivity index (χ2v) is 6.91. The molecule has 5 rings (SSSR count). The molecule has 2 heterocycles. The lowest BCUT2D eigenvalue weighted by molar-refractivity contribution is 1.47. The molecular weight excluding hydrogens is 340 g/mol. The lowest BCUT2D eigenvalue weighted by Crippen LogP contribution is -1.75. The van der Waals surface area contributed by atoms with Gasteiger partial charge in [-0.05, 0) is 34.4 Å². The lowest BCUT2D eigenvalue weighted by Gasteiger charge is -1.97. The van der Waals surface area contributed by atoms with E-state index in [9.17, 15) is 0 Å². The van der Waals surface area contributed by atoms with Gasteiger partial charge in [-0.15, -0.1) is 0 Å². The number of benzene rings is 3. The van der Waals surface area contributed by atoms with E-state index in [1.54, 1.807) is 0 Å².